The molecule has 1 amide bonds. The Hall–Kier alpha value is -5.34. The van der Waals surface area contributed by atoms with Gasteiger partial charge in [0.1, 0.15) is 28.8 Å². The zero-order valence-electron chi connectivity index (χ0n) is 21.6. The lowest BCUT2D eigenvalue weighted by atomic mass is 10.0. The molecule has 39 heavy (non-hydrogen) atoms. The van der Waals surface area contributed by atoms with Gasteiger partial charge in [-0.25, -0.2) is 9.36 Å². The van der Waals surface area contributed by atoms with Gasteiger partial charge in [0.2, 0.25) is 11.5 Å². The molecule has 204 valence electrons. The molecule has 0 spiro atoms. The highest BCUT2D eigenvalue weighted by atomic mass is 16.6. The third-order valence-corrected chi connectivity index (χ3v) is 5.86. The summed E-state index contributed by atoms with van der Waals surface area (Å²) in [7, 11) is 7.17. The normalized spacial score (nSPS) is 10.7. The highest BCUT2D eigenvalue weighted by Gasteiger charge is 2.24. The number of aromatic nitrogens is 4. The minimum atomic E-state index is -0.884. The number of aromatic amines is 1. The number of fused-ring (bicyclic) bond motifs is 1. The third kappa shape index (κ3) is 4.96. The van der Waals surface area contributed by atoms with E-state index in [4.69, 9.17) is 23.7 Å². The predicted octanol–water partition coefficient (Wildman–Crippen LogP) is 3.22. The van der Waals surface area contributed by atoms with Crippen LogP contribution in [0.3, 0.4) is 0 Å². The number of carbonyl (C=O) groups excluding carboxylic acids is 2. The standard InChI is InChI=1S/C24H24N6O9/c1-29-13(10-25-23(29)30(33)34)11-39-24(32)26-20-15(35-2)7-6-14-18(20)27-28-19(14)21(31)12-8-16(36-3)22(38-5)17(9-12)37-4/h6-10H,11H2,1-5H3,(H,26,32)(H,27,28). The minimum absolute atomic E-state index is 0.139. The van der Waals surface area contributed by atoms with Crippen LogP contribution < -0.4 is 24.3 Å². The van der Waals surface area contributed by atoms with Gasteiger partial charge in [0.25, 0.3) is 0 Å². The summed E-state index contributed by atoms with van der Waals surface area (Å²) >= 11 is 0. The highest BCUT2D eigenvalue weighted by molar-refractivity contribution is 6.17. The van der Waals surface area contributed by atoms with Crippen LogP contribution in [0.5, 0.6) is 23.0 Å². The second kappa shape index (κ2) is 11.0. The van der Waals surface area contributed by atoms with Crippen LogP contribution >= 0.6 is 0 Å². The summed E-state index contributed by atoms with van der Waals surface area (Å²) in [5.74, 6) is 0.383. The predicted molar refractivity (Wildman–Crippen MR) is 136 cm³/mol. The topological polar surface area (TPSA) is 182 Å². The number of ketones is 1. The number of rotatable bonds is 10. The van der Waals surface area contributed by atoms with E-state index in [1.807, 2.05) is 0 Å². The lowest BCUT2D eigenvalue weighted by Gasteiger charge is -2.13. The van der Waals surface area contributed by atoms with Crippen LogP contribution in [-0.2, 0) is 18.4 Å². The number of hydrogen-bond donors (Lipinski definition) is 2. The third-order valence-electron chi connectivity index (χ3n) is 5.86. The summed E-state index contributed by atoms with van der Waals surface area (Å²) in [5, 5.41) is 20.9. The molecule has 15 nitrogen and oxygen atoms in total. The average Bonchev–Trinajstić information content (AvgIpc) is 3.54. The van der Waals surface area contributed by atoms with Gasteiger partial charge in [-0.05, 0) is 29.2 Å². The maximum Gasteiger partial charge on any atom is 0.434 e. The second-order valence-corrected chi connectivity index (χ2v) is 7.95. The number of amides is 1. The van der Waals surface area contributed by atoms with Crippen molar-refractivity contribution in [2.75, 3.05) is 33.8 Å². The molecule has 0 fully saturated rings. The molecule has 4 rings (SSSR count). The van der Waals surface area contributed by atoms with Crippen molar-refractivity contribution >= 4 is 34.4 Å². The smallest absolute Gasteiger partial charge is 0.434 e. The molecule has 0 saturated carbocycles. The van der Waals surface area contributed by atoms with E-state index in [0.717, 1.165) is 0 Å². The van der Waals surface area contributed by atoms with Gasteiger partial charge >= 0.3 is 12.0 Å². The Morgan fingerprint density at radius 1 is 1.05 bits per heavy atom. The van der Waals surface area contributed by atoms with Crippen LogP contribution in [-0.4, -0.2) is 65.0 Å². The largest absolute Gasteiger partial charge is 0.494 e. The number of H-pyrrole nitrogens is 1. The van der Waals surface area contributed by atoms with E-state index < -0.39 is 16.8 Å². The number of anilines is 1. The zero-order valence-corrected chi connectivity index (χ0v) is 21.6. The number of methoxy groups -OCH3 is 4. The fourth-order valence-electron chi connectivity index (χ4n) is 3.90. The molecular weight excluding hydrogens is 516 g/mol. The summed E-state index contributed by atoms with van der Waals surface area (Å²) in [5.41, 5.74) is 1.07. The van der Waals surface area contributed by atoms with Crippen LogP contribution in [0.2, 0.25) is 0 Å². The van der Waals surface area contributed by atoms with Crippen molar-refractivity contribution in [1.29, 1.82) is 0 Å². The minimum Gasteiger partial charge on any atom is -0.494 e. The first-order valence-corrected chi connectivity index (χ1v) is 11.2. The molecule has 0 saturated heterocycles. The summed E-state index contributed by atoms with van der Waals surface area (Å²) in [4.78, 5) is 40.1. The molecule has 4 aromatic rings. The molecule has 0 radical (unpaired) electrons. The molecule has 2 aromatic carbocycles. The van der Waals surface area contributed by atoms with E-state index in [0.29, 0.717) is 28.3 Å². The maximum atomic E-state index is 13.5. The Morgan fingerprint density at radius 3 is 2.28 bits per heavy atom. The van der Waals surface area contributed by atoms with E-state index in [1.54, 1.807) is 12.1 Å². The van der Waals surface area contributed by atoms with Crippen molar-refractivity contribution in [3.63, 3.8) is 0 Å². The first-order valence-electron chi connectivity index (χ1n) is 11.2. The first-order chi connectivity index (χ1) is 18.7. The molecule has 2 N–H and O–H groups in total. The van der Waals surface area contributed by atoms with E-state index >= 15 is 0 Å². The quantitative estimate of drug-likeness (QED) is 0.171. The summed E-state index contributed by atoms with van der Waals surface area (Å²) in [6.45, 7) is -0.285. The van der Waals surface area contributed by atoms with Crippen LogP contribution in [0.15, 0.2) is 30.5 Å². The molecule has 0 unspecified atom stereocenters. The molecule has 0 atom stereocenters. The van der Waals surface area contributed by atoms with Crippen molar-refractivity contribution in [2.24, 2.45) is 7.05 Å². The van der Waals surface area contributed by atoms with Gasteiger partial charge in [0.05, 0.1) is 35.5 Å². The number of imidazole rings is 1. The van der Waals surface area contributed by atoms with Gasteiger partial charge in [-0.3, -0.25) is 15.2 Å². The summed E-state index contributed by atoms with van der Waals surface area (Å²) in [6, 6.07) is 6.20. The highest BCUT2D eigenvalue weighted by Crippen LogP contribution is 2.39. The number of nitrogens with zero attached hydrogens (tertiary/aromatic N) is 4. The Labute approximate surface area is 220 Å². The van der Waals surface area contributed by atoms with Gasteiger partial charge in [-0.1, -0.05) is 4.98 Å². The van der Waals surface area contributed by atoms with Gasteiger partial charge in [0.15, 0.2) is 23.8 Å². The Balaban J connectivity index is 1.63. The second-order valence-electron chi connectivity index (χ2n) is 7.95. The van der Waals surface area contributed by atoms with Crippen LogP contribution in [0.1, 0.15) is 21.7 Å². The number of nitro groups is 1. The lowest BCUT2D eigenvalue weighted by molar-refractivity contribution is -0.396. The zero-order chi connectivity index (χ0) is 28.3. The van der Waals surface area contributed by atoms with E-state index in [2.05, 4.69) is 20.5 Å². The average molecular weight is 540 g/mol. The Morgan fingerprint density at radius 2 is 1.72 bits per heavy atom. The van der Waals surface area contributed by atoms with Gasteiger partial charge in [-0.2, -0.15) is 5.10 Å². The van der Waals surface area contributed by atoms with Crippen LogP contribution in [0.25, 0.3) is 10.9 Å². The van der Waals surface area contributed by atoms with E-state index in [-0.39, 0.29) is 40.8 Å². The molecule has 0 aliphatic rings. The number of nitrogens with one attached hydrogen (secondary N) is 2. The van der Waals surface area contributed by atoms with Crippen LogP contribution in [0.4, 0.5) is 16.4 Å². The Kier molecular flexibility index (Phi) is 7.51. The lowest BCUT2D eigenvalue weighted by Crippen LogP contribution is -2.15. The van der Waals surface area contributed by atoms with Crippen molar-refractivity contribution in [2.45, 2.75) is 6.61 Å². The summed E-state index contributed by atoms with van der Waals surface area (Å²) in [6.07, 6.45) is 0.353. The molecule has 2 aromatic heterocycles. The molecule has 2 heterocycles. The van der Waals surface area contributed by atoms with Gasteiger partial charge in [0, 0.05) is 10.9 Å². The van der Waals surface area contributed by atoms with Gasteiger partial charge in [-0.15, -0.1) is 0 Å². The van der Waals surface area contributed by atoms with Gasteiger partial charge < -0.3 is 33.8 Å². The maximum absolute atomic E-state index is 13.5. The first kappa shape index (κ1) is 26.7. The number of benzene rings is 2. The van der Waals surface area contributed by atoms with E-state index in [9.17, 15) is 19.7 Å². The van der Waals surface area contributed by atoms with Crippen molar-refractivity contribution < 1.29 is 38.2 Å². The Bertz CT molecular complexity index is 1550. The SMILES string of the molecule is COc1cc(C(=O)c2[nH]nc3c(NC(=O)OCc4cnc([N+](=O)[O-])n4C)c(OC)ccc23)cc(OC)c1OC. The molecule has 0 aliphatic heterocycles. The van der Waals surface area contributed by atoms with Crippen molar-refractivity contribution in [3.05, 3.63) is 57.5 Å². The molecular formula is C24H24N6O9. The summed E-state index contributed by atoms with van der Waals surface area (Å²) < 4.78 is 27.8. The van der Waals surface area contributed by atoms with E-state index in [1.165, 1.54) is 58.4 Å². The number of carbonyl (C=O) groups is 2. The fourth-order valence-corrected chi connectivity index (χ4v) is 3.90. The molecule has 0 bridgehead atoms. The monoisotopic (exact) mass is 540 g/mol. The fraction of sp³-hybridized carbons (Fsp3) is 0.250. The number of ether oxygens (including phenoxy) is 5. The molecule has 0 aliphatic carbocycles. The van der Waals surface area contributed by atoms with Crippen LogP contribution in [0, 0.1) is 10.1 Å². The number of hydrogen-bond acceptors (Lipinski definition) is 11. The van der Waals surface area contributed by atoms with Crippen molar-refractivity contribution in [3.8, 4) is 23.0 Å². The van der Waals surface area contributed by atoms with Crippen molar-refractivity contribution in [1.82, 2.24) is 19.7 Å². The molecule has 15 heteroatoms.